The Labute approximate surface area is 167 Å². The van der Waals surface area contributed by atoms with E-state index in [9.17, 15) is 26.4 Å². The van der Waals surface area contributed by atoms with Gasteiger partial charge in [0.15, 0.2) is 0 Å². The van der Waals surface area contributed by atoms with Gasteiger partial charge < -0.3 is 9.50 Å². The van der Waals surface area contributed by atoms with Crippen molar-refractivity contribution in [1.29, 1.82) is 0 Å². The van der Waals surface area contributed by atoms with Crippen LogP contribution in [0.15, 0.2) is 66.4 Å². The average molecular weight is 427 g/mol. The number of hydrogen-bond donors (Lipinski definition) is 1. The van der Waals surface area contributed by atoms with Gasteiger partial charge in [-0.15, -0.1) is 0 Å². The summed E-state index contributed by atoms with van der Waals surface area (Å²) in [7, 11) is -5.90. The molecule has 0 aliphatic rings. The van der Waals surface area contributed by atoms with Crippen LogP contribution in [0, 0.1) is 0 Å². The van der Waals surface area contributed by atoms with Gasteiger partial charge in [-0.3, -0.25) is 4.79 Å². The second-order valence-electron chi connectivity index (χ2n) is 5.99. The highest BCUT2D eigenvalue weighted by Crippen LogP contribution is 2.30. The highest BCUT2D eigenvalue weighted by Gasteiger charge is 2.49. The summed E-state index contributed by atoms with van der Waals surface area (Å²) in [4.78, 5) is 12.7. The van der Waals surface area contributed by atoms with Gasteiger partial charge in [-0.25, -0.2) is 0 Å². The first kappa shape index (κ1) is 22.5. The third-order valence-electron chi connectivity index (χ3n) is 3.93. The molecule has 0 saturated heterocycles. The first-order chi connectivity index (χ1) is 13.7. The fraction of sp³-hybridized carbons (Fsp3) is 0.250. The van der Waals surface area contributed by atoms with Crippen molar-refractivity contribution in [3.8, 4) is 0 Å². The Morgan fingerprint density at radius 2 is 1.55 bits per heavy atom. The van der Waals surface area contributed by atoms with E-state index in [2.05, 4.69) is 9.50 Å². The molecule has 0 radical (unpaired) electrons. The van der Waals surface area contributed by atoms with Gasteiger partial charge in [0.1, 0.15) is 5.76 Å². The zero-order chi connectivity index (χ0) is 21.5. The van der Waals surface area contributed by atoms with Crippen molar-refractivity contribution in [3.05, 3.63) is 77.5 Å². The van der Waals surface area contributed by atoms with Gasteiger partial charge >= 0.3 is 15.6 Å². The Morgan fingerprint density at radius 1 is 1.00 bits per heavy atom. The quantitative estimate of drug-likeness (QED) is 0.299. The number of carbonyl (C=O) groups is 1. The summed E-state index contributed by atoms with van der Waals surface area (Å²) in [6.07, 6.45) is 0.267. The monoisotopic (exact) mass is 427 g/mol. The Hall–Kier alpha value is -2.81. The van der Waals surface area contributed by atoms with Crippen LogP contribution in [0.25, 0.3) is 5.57 Å². The molecule has 0 aliphatic carbocycles. The number of alkyl halides is 3. The summed E-state index contributed by atoms with van der Waals surface area (Å²) in [5, 5.41) is 2.62. The summed E-state index contributed by atoms with van der Waals surface area (Å²) in [5.41, 5.74) is -4.64. The van der Waals surface area contributed by atoms with Crippen molar-refractivity contribution in [2.75, 3.05) is 6.54 Å². The minimum atomic E-state index is -5.90. The summed E-state index contributed by atoms with van der Waals surface area (Å²) in [5.74, 6) is -1.30. The van der Waals surface area contributed by atoms with Gasteiger partial charge in [0.25, 0.3) is 5.91 Å². The first-order valence-electron chi connectivity index (χ1n) is 8.77. The highest BCUT2D eigenvalue weighted by atomic mass is 32.2. The molecule has 29 heavy (non-hydrogen) atoms. The molecule has 0 saturated carbocycles. The number of nitrogens with one attached hydrogen (secondary N) is 1. The topological polar surface area (TPSA) is 72.5 Å². The number of benzene rings is 2. The third-order valence-corrected chi connectivity index (χ3v) is 4.91. The fourth-order valence-corrected chi connectivity index (χ4v) is 3.09. The summed E-state index contributed by atoms with van der Waals surface area (Å²) in [6.45, 7) is 1.61. The van der Waals surface area contributed by atoms with Crippen molar-refractivity contribution in [3.63, 3.8) is 0 Å². The lowest BCUT2D eigenvalue weighted by molar-refractivity contribution is -0.115. The van der Waals surface area contributed by atoms with Crippen LogP contribution in [0.1, 0.15) is 24.5 Å². The van der Waals surface area contributed by atoms with E-state index >= 15 is 0 Å². The molecule has 2 rings (SSSR count). The predicted octanol–water partition coefficient (Wildman–Crippen LogP) is 4.03. The van der Waals surface area contributed by atoms with Crippen LogP contribution in [0.4, 0.5) is 13.2 Å². The molecule has 0 atom stereocenters. The number of halogens is 3. The molecule has 2 aromatic rings. The molecule has 1 N–H and O–H groups in total. The normalized spacial score (nSPS) is 12.8. The lowest BCUT2D eigenvalue weighted by atomic mass is 10.0. The smallest absolute Gasteiger partial charge is 0.380 e. The molecule has 0 aliphatic heterocycles. The Kier molecular flexibility index (Phi) is 7.44. The molecule has 0 fully saturated rings. The molecule has 9 heteroatoms. The van der Waals surface area contributed by atoms with Crippen LogP contribution in [-0.2, 0) is 25.5 Å². The number of allylic oxidation sites excluding steroid dienone is 1. The second-order valence-corrected chi connectivity index (χ2v) is 7.53. The third kappa shape index (κ3) is 6.08. The molecule has 0 spiro atoms. The van der Waals surface area contributed by atoms with E-state index in [0.29, 0.717) is 6.42 Å². The van der Waals surface area contributed by atoms with Crippen molar-refractivity contribution in [1.82, 2.24) is 5.32 Å². The molecular formula is C20H20F3NO4S. The molecule has 0 aromatic heterocycles. The minimum absolute atomic E-state index is 0.211. The average Bonchev–Trinajstić information content (AvgIpc) is 2.68. The number of rotatable bonds is 8. The zero-order valence-corrected chi connectivity index (χ0v) is 16.4. The summed E-state index contributed by atoms with van der Waals surface area (Å²) in [6, 6.07) is 17.1. The van der Waals surface area contributed by atoms with Gasteiger partial charge in [-0.2, -0.15) is 21.6 Å². The van der Waals surface area contributed by atoms with Crippen LogP contribution in [0.5, 0.6) is 0 Å². The Balaban J connectivity index is 2.32. The second kappa shape index (κ2) is 9.60. The van der Waals surface area contributed by atoms with Gasteiger partial charge in [0.05, 0.1) is 5.57 Å². The fourth-order valence-electron chi connectivity index (χ4n) is 2.53. The maximum Gasteiger partial charge on any atom is 0.534 e. The molecule has 1 amide bonds. The van der Waals surface area contributed by atoms with E-state index in [0.717, 1.165) is 5.56 Å². The molecule has 0 unspecified atom stereocenters. The van der Waals surface area contributed by atoms with E-state index in [1.165, 1.54) is 19.1 Å². The van der Waals surface area contributed by atoms with Crippen molar-refractivity contribution >= 4 is 21.6 Å². The van der Waals surface area contributed by atoms with Crippen molar-refractivity contribution in [2.24, 2.45) is 0 Å². The SMILES string of the molecule is CCC(OS(=O)(=O)C(F)(F)F)=C(C(=O)NCCc1ccccc1)c1ccccc1. The van der Waals surface area contributed by atoms with E-state index in [-0.39, 0.29) is 24.1 Å². The zero-order valence-electron chi connectivity index (χ0n) is 15.6. The van der Waals surface area contributed by atoms with E-state index < -0.39 is 27.3 Å². The number of carbonyl (C=O) groups excluding carboxylic acids is 1. The lowest BCUT2D eigenvalue weighted by Crippen LogP contribution is -2.29. The van der Waals surface area contributed by atoms with Crippen LogP contribution < -0.4 is 5.32 Å². The predicted molar refractivity (Wildman–Crippen MR) is 103 cm³/mol. The molecule has 0 heterocycles. The first-order valence-corrected chi connectivity index (χ1v) is 10.2. The van der Waals surface area contributed by atoms with Crippen molar-refractivity contribution in [2.45, 2.75) is 25.3 Å². The lowest BCUT2D eigenvalue weighted by Gasteiger charge is -2.16. The van der Waals surface area contributed by atoms with Crippen LogP contribution in [0.2, 0.25) is 0 Å². The minimum Gasteiger partial charge on any atom is -0.380 e. The summed E-state index contributed by atoms with van der Waals surface area (Å²) < 4.78 is 65.5. The largest absolute Gasteiger partial charge is 0.534 e. The molecule has 156 valence electrons. The highest BCUT2D eigenvalue weighted by molar-refractivity contribution is 7.87. The number of hydrogen-bond acceptors (Lipinski definition) is 4. The van der Waals surface area contributed by atoms with Gasteiger partial charge in [0.2, 0.25) is 0 Å². The van der Waals surface area contributed by atoms with Crippen molar-refractivity contribution < 1.29 is 30.6 Å². The maximum atomic E-state index is 12.8. The maximum absolute atomic E-state index is 12.8. The van der Waals surface area contributed by atoms with E-state index in [4.69, 9.17) is 0 Å². The number of amides is 1. The van der Waals surface area contributed by atoms with Crippen LogP contribution in [0.3, 0.4) is 0 Å². The molecule has 2 aromatic carbocycles. The van der Waals surface area contributed by atoms with Crippen LogP contribution >= 0.6 is 0 Å². The van der Waals surface area contributed by atoms with Gasteiger partial charge in [0, 0.05) is 13.0 Å². The molecule has 5 nitrogen and oxygen atoms in total. The molecule has 0 bridgehead atoms. The Bertz CT molecular complexity index is 956. The van der Waals surface area contributed by atoms with Gasteiger partial charge in [-0.1, -0.05) is 67.6 Å². The van der Waals surface area contributed by atoms with Crippen LogP contribution in [-0.4, -0.2) is 26.4 Å². The van der Waals surface area contributed by atoms with E-state index in [1.54, 1.807) is 18.2 Å². The van der Waals surface area contributed by atoms with E-state index in [1.807, 2.05) is 30.3 Å². The standard InChI is InChI=1S/C20H20F3NO4S/c1-2-17(28-29(26,27)20(21,22)23)18(16-11-7-4-8-12-16)19(25)24-14-13-15-9-5-3-6-10-15/h3-12H,2,13-14H2,1H3,(H,24,25). The van der Waals surface area contributed by atoms with Gasteiger partial charge in [-0.05, 0) is 17.5 Å². The Morgan fingerprint density at radius 3 is 2.07 bits per heavy atom. The molecular weight excluding hydrogens is 407 g/mol. The summed E-state index contributed by atoms with van der Waals surface area (Å²) >= 11 is 0.